The van der Waals surface area contributed by atoms with Crippen molar-refractivity contribution in [2.45, 2.75) is 26.7 Å². The highest BCUT2D eigenvalue weighted by molar-refractivity contribution is 7.15. The summed E-state index contributed by atoms with van der Waals surface area (Å²) < 4.78 is 4.70. The van der Waals surface area contributed by atoms with Crippen molar-refractivity contribution in [3.63, 3.8) is 0 Å². The van der Waals surface area contributed by atoms with Crippen molar-refractivity contribution in [1.82, 2.24) is 4.98 Å². The molecule has 0 aliphatic carbocycles. The average Bonchev–Trinajstić information content (AvgIpc) is 2.79. The van der Waals surface area contributed by atoms with Crippen molar-refractivity contribution >= 4 is 28.1 Å². The van der Waals surface area contributed by atoms with Crippen LogP contribution in [0.1, 0.15) is 40.7 Å². The molecule has 1 N–H and O–H groups in total. The summed E-state index contributed by atoms with van der Waals surface area (Å²) >= 11 is 1.44. The Balaban J connectivity index is 2.16. The molecule has 0 aliphatic heterocycles. The first-order valence-corrected chi connectivity index (χ1v) is 7.25. The number of nitrogens with zero attached hydrogens (tertiary/aromatic N) is 1. The zero-order valence-corrected chi connectivity index (χ0v) is 12.9. The van der Waals surface area contributed by atoms with Gasteiger partial charge in [-0.3, -0.25) is 0 Å². The number of carbonyl (C=O) groups excluding carboxylic acids is 1. The van der Waals surface area contributed by atoms with E-state index >= 15 is 0 Å². The smallest absolute Gasteiger partial charge is 0.357 e. The number of thiazole rings is 1. The molecule has 1 aromatic carbocycles. The molecule has 0 atom stereocenters. The molecular formula is C15H18N2O2S. The van der Waals surface area contributed by atoms with Crippen LogP contribution in [0.4, 0.5) is 10.8 Å². The normalized spacial score (nSPS) is 10.7. The minimum absolute atomic E-state index is 0.374. The quantitative estimate of drug-likeness (QED) is 0.861. The third kappa shape index (κ3) is 3.17. The zero-order chi connectivity index (χ0) is 14.7. The van der Waals surface area contributed by atoms with Gasteiger partial charge in [-0.15, -0.1) is 11.3 Å². The average molecular weight is 290 g/mol. The number of anilines is 2. The van der Waals surface area contributed by atoms with Crippen molar-refractivity contribution in [1.29, 1.82) is 0 Å². The van der Waals surface area contributed by atoms with Crippen molar-refractivity contribution < 1.29 is 9.53 Å². The number of aromatic nitrogens is 1. The number of carbonyl (C=O) groups is 1. The Morgan fingerprint density at radius 2 is 1.95 bits per heavy atom. The van der Waals surface area contributed by atoms with E-state index in [1.165, 1.54) is 24.0 Å². The third-order valence-corrected chi connectivity index (χ3v) is 3.89. The highest BCUT2D eigenvalue weighted by Crippen LogP contribution is 2.26. The summed E-state index contributed by atoms with van der Waals surface area (Å²) in [5.41, 5.74) is 2.62. The van der Waals surface area contributed by atoms with Crippen molar-refractivity contribution in [2.24, 2.45) is 0 Å². The Morgan fingerprint density at radius 3 is 2.50 bits per heavy atom. The molecule has 2 rings (SSSR count). The molecule has 5 heteroatoms. The Hall–Kier alpha value is -1.88. The predicted octanol–water partition coefficient (Wildman–Crippen LogP) is 4.11. The number of hydrogen-bond acceptors (Lipinski definition) is 5. The van der Waals surface area contributed by atoms with Gasteiger partial charge in [-0.25, -0.2) is 9.78 Å². The number of hydrogen-bond donors (Lipinski definition) is 1. The maximum Gasteiger partial charge on any atom is 0.357 e. The standard InChI is InChI=1S/C15H18N2O2S/c1-9(2)11-5-7-12(8-6-11)16-15-17-13(10(3)20-15)14(18)19-4/h5-9H,1-4H3,(H,16,17). The van der Waals surface area contributed by atoms with Crippen LogP contribution >= 0.6 is 11.3 Å². The van der Waals surface area contributed by atoms with Gasteiger partial charge in [0.2, 0.25) is 0 Å². The SMILES string of the molecule is COC(=O)c1nc(Nc2ccc(C(C)C)cc2)sc1C. The van der Waals surface area contributed by atoms with Crippen LogP contribution in [0.2, 0.25) is 0 Å². The maximum atomic E-state index is 11.5. The fraction of sp³-hybridized carbons (Fsp3) is 0.333. The summed E-state index contributed by atoms with van der Waals surface area (Å²) in [5, 5.41) is 3.90. The van der Waals surface area contributed by atoms with Crippen LogP contribution < -0.4 is 5.32 Å². The van der Waals surface area contributed by atoms with Crippen LogP contribution in [0, 0.1) is 6.92 Å². The largest absolute Gasteiger partial charge is 0.464 e. The molecule has 1 aromatic heterocycles. The highest BCUT2D eigenvalue weighted by Gasteiger charge is 2.15. The van der Waals surface area contributed by atoms with Gasteiger partial charge in [0.15, 0.2) is 10.8 Å². The lowest BCUT2D eigenvalue weighted by molar-refractivity contribution is 0.0594. The maximum absolute atomic E-state index is 11.5. The molecule has 0 aliphatic rings. The van der Waals surface area contributed by atoms with E-state index in [-0.39, 0.29) is 0 Å². The molecule has 0 bridgehead atoms. The van der Waals surface area contributed by atoms with Crippen LogP contribution in [0.25, 0.3) is 0 Å². The highest BCUT2D eigenvalue weighted by atomic mass is 32.1. The van der Waals surface area contributed by atoms with Gasteiger partial charge in [-0.05, 0) is 30.5 Å². The van der Waals surface area contributed by atoms with Gasteiger partial charge in [-0.1, -0.05) is 26.0 Å². The Labute approximate surface area is 122 Å². The van der Waals surface area contributed by atoms with Crippen LogP contribution in [0.5, 0.6) is 0 Å². The number of methoxy groups -OCH3 is 1. The van der Waals surface area contributed by atoms with Crippen LogP contribution in [0.15, 0.2) is 24.3 Å². The summed E-state index contributed by atoms with van der Waals surface area (Å²) in [6.07, 6.45) is 0. The predicted molar refractivity (Wildman–Crippen MR) is 82.0 cm³/mol. The second kappa shape index (κ2) is 6.05. The first-order valence-electron chi connectivity index (χ1n) is 6.44. The monoisotopic (exact) mass is 290 g/mol. The topological polar surface area (TPSA) is 51.2 Å². The van der Waals surface area contributed by atoms with Gasteiger partial charge in [0, 0.05) is 10.6 Å². The number of benzene rings is 1. The molecule has 1 heterocycles. The van der Waals surface area contributed by atoms with Crippen LogP contribution in [-0.4, -0.2) is 18.1 Å². The third-order valence-electron chi connectivity index (χ3n) is 3.00. The molecule has 20 heavy (non-hydrogen) atoms. The lowest BCUT2D eigenvalue weighted by Gasteiger charge is -2.07. The lowest BCUT2D eigenvalue weighted by Crippen LogP contribution is -2.03. The number of aryl methyl sites for hydroxylation is 1. The van der Waals surface area contributed by atoms with E-state index in [2.05, 4.69) is 36.3 Å². The minimum atomic E-state index is -0.401. The van der Waals surface area contributed by atoms with E-state index in [9.17, 15) is 4.79 Å². The molecule has 0 amide bonds. The summed E-state index contributed by atoms with van der Waals surface area (Å²) in [5.74, 6) is 0.110. The molecule has 2 aromatic rings. The first-order chi connectivity index (χ1) is 9.51. The van der Waals surface area contributed by atoms with E-state index in [1.807, 2.05) is 19.1 Å². The van der Waals surface area contributed by atoms with Gasteiger partial charge in [0.05, 0.1) is 7.11 Å². The number of esters is 1. The van der Waals surface area contributed by atoms with Crippen molar-refractivity contribution in [3.8, 4) is 0 Å². The zero-order valence-electron chi connectivity index (χ0n) is 12.1. The molecule has 0 fully saturated rings. The molecule has 0 saturated heterocycles. The Kier molecular flexibility index (Phi) is 4.39. The summed E-state index contributed by atoms with van der Waals surface area (Å²) in [4.78, 5) is 16.6. The number of rotatable bonds is 4. The summed E-state index contributed by atoms with van der Waals surface area (Å²) in [6.45, 7) is 6.18. The van der Waals surface area contributed by atoms with Crippen LogP contribution in [0.3, 0.4) is 0 Å². The molecule has 0 spiro atoms. The minimum Gasteiger partial charge on any atom is -0.464 e. The molecule has 0 saturated carbocycles. The van der Waals surface area contributed by atoms with Gasteiger partial charge in [-0.2, -0.15) is 0 Å². The lowest BCUT2D eigenvalue weighted by atomic mass is 10.0. The number of ether oxygens (including phenoxy) is 1. The van der Waals surface area contributed by atoms with Gasteiger partial charge in [0.1, 0.15) is 0 Å². The molecular weight excluding hydrogens is 272 g/mol. The van der Waals surface area contributed by atoms with Gasteiger partial charge < -0.3 is 10.1 Å². The molecule has 0 unspecified atom stereocenters. The number of nitrogens with one attached hydrogen (secondary N) is 1. The van der Waals surface area contributed by atoms with E-state index in [4.69, 9.17) is 4.74 Å². The Bertz CT molecular complexity index is 603. The molecule has 0 radical (unpaired) electrons. The second-order valence-electron chi connectivity index (χ2n) is 4.82. The van der Waals surface area contributed by atoms with E-state index < -0.39 is 5.97 Å². The van der Waals surface area contributed by atoms with E-state index in [0.29, 0.717) is 16.7 Å². The summed E-state index contributed by atoms with van der Waals surface area (Å²) in [6, 6.07) is 8.22. The Morgan fingerprint density at radius 1 is 1.30 bits per heavy atom. The van der Waals surface area contributed by atoms with Gasteiger partial charge in [0.25, 0.3) is 0 Å². The van der Waals surface area contributed by atoms with E-state index in [1.54, 1.807) is 0 Å². The first kappa shape index (κ1) is 14.5. The van der Waals surface area contributed by atoms with E-state index in [0.717, 1.165) is 10.6 Å². The van der Waals surface area contributed by atoms with Crippen LogP contribution in [-0.2, 0) is 4.74 Å². The van der Waals surface area contributed by atoms with Gasteiger partial charge >= 0.3 is 5.97 Å². The molecule has 106 valence electrons. The molecule has 4 nitrogen and oxygen atoms in total. The fourth-order valence-corrected chi connectivity index (χ4v) is 2.63. The fourth-order valence-electron chi connectivity index (χ4n) is 1.81. The van der Waals surface area contributed by atoms with Crippen molar-refractivity contribution in [2.75, 3.05) is 12.4 Å². The van der Waals surface area contributed by atoms with Crippen molar-refractivity contribution in [3.05, 3.63) is 40.4 Å². The second-order valence-corrected chi connectivity index (χ2v) is 6.02. The summed E-state index contributed by atoms with van der Waals surface area (Å²) in [7, 11) is 1.36.